The van der Waals surface area contributed by atoms with Crippen LogP contribution in [0.2, 0.25) is 10.0 Å². The van der Waals surface area contributed by atoms with Gasteiger partial charge in [0, 0.05) is 21.3 Å². The second-order valence-electron chi connectivity index (χ2n) is 7.16. The van der Waals surface area contributed by atoms with E-state index < -0.39 is 40.7 Å². The molecule has 0 spiro atoms. The van der Waals surface area contributed by atoms with Crippen molar-refractivity contribution in [3.63, 3.8) is 0 Å². The molecule has 168 valence electrons. The van der Waals surface area contributed by atoms with Crippen LogP contribution in [-0.4, -0.2) is 23.9 Å². The third kappa shape index (κ3) is 4.05. The number of methoxy groups -OCH3 is 1. The van der Waals surface area contributed by atoms with Crippen molar-refractivity contribution < 1.29 is 28.2 Å². The average molecular weight is 490 g/mol. The summed E-state index contributed by atoms with van der Waals surface area (Å²) in [6.45, 7) is 0. The van der Waals surface area contributed by atoms with Crippen molar-refractivity contribution in [2.24, 2.45) is 0 Å². The van der Waals surface area contributed by atoms with Crippen LogP contribution < -0.4 is 9.64 Å². The summed E-state index contributed by atoms with van der Waals surface area (Å²) >= 11 is 12.2. The number of aliphatic hydroxyl groups excluding tert-OH is 1. The number of carbonyl (C=O) groups is 2. The molecule has 33 heavy (non-hydrogen) atoms. The molecule has 0 aliphatic carbocycles. The van der Waals surface area contributed by atoms with Gasteiger partial charge < -0.3 is 9.84 Å². The molecule has 0 bridgehead atoms. The maximum absolute atomic E-state index is 14.9. The van der Waals surface area contributed by atoms with Gasteiger partial charge in [-0.15, -0.1) is 0 Å². The molecule has 0 radical (unpaired) electrons. The van der Waals surface area contributed by atoms with E-state index in [-0.39, 0.29) is 32.6 Å². The number of amides is 1. The van der Waals surface area contributed by atoms with Gasteiger partial charge in [0.05, 0.1) is 24.3 Å². The topological polar surface area (TPSA) is 66.8 Å². The molecule has 5 nitrogen and oxygen atoms in total. The zero-order chi connectivity index (χ0) is 23.9. The maximum Gasteiger partial charge on any atom is 0.300 e. The summed E-state index contributed by atoms with van der Waals surface area (Å²) in [5.41, 5.74) is -0.552. The Balaban J connectivity index is 2.03. The van der Waals surface area contributed by atoms with Crippen molar-refractivity contribution in [3.8, 4) is 5.75 Å². The first-order chi connectivity index (χ1) is 15.7. The minimum atomic E-state index is -1.38. The lowest BCUT2D eigenvalue weighted by Gasteiger charge is -2.26. The molecular weight excluding hydrogens is 475 g/mol. The number of hydrogen-bond donors (Lipinski definition) is 1. The Kier molecular flexibility index (Phi) is 6.10. The first-order valence-electron chi connectivity index (χ1n) is 9.58. The van der Waals surface area contributed by atoms with Crippen LogP contribution >= 0.6 is 23.2 Å². The first kappa shape index (κ1) is 22.8. The van der Waals surface area contributed by atoms with Gasteiger partial charge in [-0.1, -0.05) is 41.4 Å². The van der Waals surface area contributed by atoms with E-state index in [4.69, 9.17) is 27.9 Å². The van der Waals surface area contributed by atoms with E-state index in [0.29, 0.717) is 0 Å². The number of rotatable bonds is 4. The van der Waals surface area contributed by atoms with Gasteiger partial charge in [-0.3, -0.25) is 14.5 Å². The van der Waals surface area contributed by atoms with E-state index in [1.165, 1.54) is 49.6 Å². The van der Waals surface area contributed by atoms with Gasteiger partial charge in [-0.2, -0.15) is 0 Å². The predicted molar refractivity (Wildman–Crippen MR) is 121 cm³/mol. The third-order valence-corrected chi connectivity index (χ3v) is 5.62. The Labute approximate surface area is 197 Å². The van der Waals surface area contributed by atoms with Crippen LogP contribution in [0.25, 0.3) is 5.76 Å². The molecular formula is C24H15Cl2F2NO4. The zero-order valence-corrected chi connectivity index (χ0v) is 18.5. The molecule has 9 heteroatoms. The first-order valence-corrected chi connectivity index (χ1v) is 10.3. The lowest BCUT2D eigenvalue weighted by atomic mass is 9.94. The van der Waals surface area contributed by atoms with Crippen molar-refractivity contribution in [2.45, 2.75) is 6.04 Å². The van der Waals surface area contributed by atoms with Crippen LogP contribution in [0.4, 0.5) is 14.5 Å². The molecule has 1 aliphatic heterocycles. The molecule has 0 aromatic heterocycles. The fraction of sp³-hybridized carbons (Fsp3) is 0.0833. The SMILES string of the molecule is COc1ccc(F)cc1/C(O)=C1\C(=O)C(=O)N(c2cc(Cl)cc(Cl)c2)C1c1ccccc1F. The number of Topliss-reactive ketones (excluding diaryl/α,β-unsaturated/α-hetero) is 1. The summed E-state index contributed by atoms with van der Waals surface area (Å²) in [6, 6.07) is 11.6. The number of aliphatic hydroxyl groups is 1. The van der Waals surface area contributed by atoms with Gasteiger partial charge in [0.1, 0.15) is 23.1 Å². The predicted octanol–water partition coefficient (Wildman–Crippen LogP) is 5.91. The largest absolute Gasteiger partial charge is 0.507 e. The number of hydrogen-bond acceptors (Lipinski definition) is 4. The number of ketones is 1. The molecule has 1 amide bonds. The molecule has 1 unspecified atom stereocenters. The molecule has 1 saturated heterocycles. The van der Waals surface area contributed by atoms with Crippen LogP contribution in [-0.2, 0) is 9.59 Å². The fourth-order valence-electron chi connectivity index (χ4n) is 3.78. The molecule has 3 aromatic carbocycles. The van der Waals surface area contributed by atoms with E-state index in [2.05, 4.69) is 0 Å². The number of benzene rings is 3. The highest BCUT2D eigenvalue weighted by Gasteiger charge is 2.48. The number of ether oxygens (including phenoxy) is 1. The van der Waals surface area contributed by atoms with E-state index >= 15 is 0 Å². The van der Waals surface area contributed by atoms with Crippen molar-refractivity contribution in [2.75, 3.05) is 12.0 Å². The molecule has 1 heterocycles. The Hall–Kier alpha value is -3.42. The molecule has 1 aliphatic rings. The Morgan fingerprint density at radius 3 is 2.30 bits per heavy atom. The van der Waals surface area contributed by atoms with Crippen LogP contribution in [0.5, 0.6) is 5.75 Å². The Morgan fingerprint density at radius 1 is 1.00 bits per heavy atom. The van der Waals surface area contributed by atoms with Gasteiger partial charge >= 0.3 is 0 Å². The number of carbonyl (C=O) groups excluding carboxylic acids is 2. The van der Waals surface area contributed by atoms with E-state index in [9.17, 15) is 23.5 Å². The summed E-state index contributed by atoms with van der Waals surface area (Å²) in [4.78, 5) is 27.2. The summed E-state index contributed by atoms with van der Waals surface area (Å²) in [5.74, 6) is -4.23. The van der Waals surface area contributed by atoms with Gasteiger partial charge in [0.15, 0.2) is 0 Å². The van der Waals surface area contributed by atoms with E-state index in [1.54, 1.807) is 0 Å². The van der Waals surface area contributed by atoms with Gasteiger partial charge in [-0.05, 0) is 42.5 Å². The van der Waals surface area contributed by atoms with Gasteiger partial charge in [0.2, 0.25) is 0 Å². The minimum absolute atomic E-state index is 0.0539. The molecule has 4 rings (SSSR count). The average Bonchev–Trinajstić information content (AvgIpc) is 3.03. The monoisotopic (exact) mass is 489 g/mol. The molecule has 1 atom stereocenters. The van der Waals surface area contributed by atoms with Gasteiger partial charge in [-0.25, -0.2) is 8.78 Å². The molecule has 1 fully saturated rings. The van der Waals surface area contributed by atoms with Crippen molar-refractivity contribution in [1.29, 1.82) is 0 Å². The summed E-state index contributed by atoms with van der Waals surface area (Å²) in [6.07, 6.45) is 0. The summed E-state index contributed by atoms with van der Waals surface area (Å²) in [7, 11) is 1.30. The molecule has 0 saturated carbocycles. The third-order valence-electron chi connectivity index (χ3n) is 5.19. The van der Waals surface area contributed by atoms with Crippen LogP contribution in [0.3, 0.4) is 0 Å². The summed E-state index contributed by atoms with van der Waals surface area (Å²) in [5, 5.41) is 11.5. The normalized spacial score (nSPS) is 17.5. The van der Waals surface area contributed by atoms with E-state index in [0.717, 1.165) is 23.1 Å². The lowest BCUT2D eigenvalue weighted by Crippen LogP contribution is -2.29. The number of halogens is 4. The lowest BCUT2D eigenvalue weighted by molar-refractivity contribution is -0.132. The Morgan fingerprint density at radius 2 is 1.67 bits per heavy atom. The van der Waals surface area contributed by atoms with Crippen molar-refractivity contribution in [3.05, 3.63) is 99.0 Å². The smallest absolute Gasteiger partial charge is 0.300 e. The summed E-state index contributed by atoms with van der Waals surface area (Å²) < 4.78 is 34.1. The second-order valence-corrected chi connectivity index (χ2v) is 8.04. The van der Waals surface area contributed by atoms with Crippen LogP contribution in [0.1, 0.15) is 17.2 Å². The molecule has 3 aromatic rings. The fourth-order valence-corrected chi connectivity index (χ4v) is 4.29. The Bertz CT molecular complexity index is 1310. The minimum Gasteiger partial charge on any atom is -0.507 e. The van der Waals surface area contributed by atoms with Gasteiger partial charge in [0.25, 0.3) is 11.7 Å². The highest BCUT2D eigenvalue weighted by molar-refractivity contribution is 6.52. The highest BCUT2D eigenvalue weighted by atomic mass is 35.5. The number of nitrogens with zero attached hydrogens (tertiary/aromatic N) is 1. The van der Waals surface area contributed by atoms with Crippen molar-refractivity contribution in [1.82, 2.24) is 0 Å². The van der Waals surface area contributed by atoms with Crippen LogP contribution in [0.15, 0.2) is 66.2 Å². The quantitative estimate of drug-likeness (QED) is 0.281. The maximum atomic E-state index is 14.9. The second kappa shape index (κ2) is 8.84. The highest BCUT2D eigenvalue weighted by Crippen LogP contribution is 2.44. The van der Waals surface area contributed by atoms with Crippen LogP contribution in [0, 0.1) is 11.6 Å². The molecule has 1 N–H and O–H groups in total. The van der Waals surface area contributed by atoms with Crippen molar-refractivity contribution >= 4 is 46.3 Å². The van der Waals surface area contributed by atoms with E-state index in [1.807, 2.05) is 0 Å². The zero-order valence-electron chi connectivity index (χ0n) is 17.0. The number of anilines is 1. The standard InChI is InChI=1S/C24H15Cl2F2NO4/c1-33-19-7-6-14(27)11-17(19)22(30)20-21(16-4-2-3-5-18(16)28)29(24(32)23(20)31)15-9-12(25)8-13(26)10-15/h2-11,21,30H,1H3/b22-20+.